The van der Waals surface area contributed by atoms with Gasteiger partial charge in [-0.25, -0.2) is 19.9 Å². The van der Waals surface area contributed by atoms with E-state index in [9.17, 15) is 28.8 Å². The zero-order valence-corrected chi connectivity index (χ0v) is 34.3. The summed E-state index contributed by atoms with van der Waals surface area (Å²) < 4.78 is 19.1. The largest absolute Gasteiger partial charge is 0.483 e. The van der Waals surface area contributed by atoms with Crippen molar-refractivity contribution in [2.24, 2.45) is 0 Å². The predicted molar refractivity (Wildman–Crippen MR) is 220 cm³/mol. The minimum Gasteiger partial charge on any atom is -0.483 e. The maximum Gasteiger partial charge on any atom is 0.270 e. The van der Waals surface area contributed by atoms with Gasteiger partial charge in [0.2, 0.25) is 11.8 Å². The molecule has 1 aliphatic carbocycles. The fourth-order valence-electron chi connectivity index (χ4n) is 8.16. The van der Waals surface area contributed by atoms with Gasteiger partial charge in [-0.15, -0.1) is 0 Å². The van der Waals surface area contributed by atoms with Crippen LogP contribution in [0.15, 0.2) is 49.1 Å². The van der Waals surface area contributed by atoms with Crippen LogP contribution < -0.4 is 26.0 Å². The molecular weight excluding hydrogens is 803 g/mol. The van der Waals surface area contributed by atoms with E-state index < -0.39 is 42.2 Å². The number of aromatic nitrogens is 5. The molecule has 3 aliphatic heterocycles. The number of pyridine rings is 1. The van der Waals surface area contributed by atoms with Crippen LogP contribution in [-0.2, 0) is 23.9 Å². The smallest absolute Gasteiger partial charge is 0.270 e. The lowest BCUT2D eigenvalue weighted by atomic mass is 9.86. The van der Waals surface area contributed by atoms with Crippen molar-refractivity contribution in [3.8, 4) is 5.75 Å². The lowest BCUT2D eigenvalue weighted by molar-refractivity contribution is -0.136. The average Bonchev–Trinajstić information content (AvgIpc) is 3.79. The topological polar surface area (TPSA) is 241 Å². The minimum absolute atomic E-state index is 0.0117. The van der Waals surface area contributed by atoms with Gasteiger partial charge in [0, 0.05) is 56.4 Å². The molecule has 1 saturated carbocycles. The number of anilines is 1. The van der Waals surface area contributed by atoms with Gasteiger partial charge in [0.15, 0.2) is 18.1 Å². The second-order valence-electron chi connectivity index (χ2n) is 15.8. The molecule has 3 fully saturated rings. The van der Waals surface area contributed by atoms with Crippen LogP contribution in [0.25, 0.3) is 11.2 Å². The standard InChI is InChI=1S/C42H49N11O9/c1-25-4-2-6-30(47-25)39(56)49-27-20-28(21-27)52-24-46-36-37(44-23-45-38(36)52)48-26-10-13-51(14-11-26)15-17-61-19-18-60-16-12-43-34(55)22-62-32-7-3-5-29-35(32)42(59)53(41(29)58)31-8-9-33(54)50-40(31)57/h2-7,23-24,26-28,31H,8-22H2,1H3,(H,43,55)(H,49,56)(H,44,45,48)(H,50,54,57). The summed E-state index contributed by atoms with van der Waals surface area (Å²) in [7, 11) is 0. The van der Waals surface area contributed by atoms with Crippen LogP contribution in [0.3, 0.4) is 0 Å². The number of likely N-dealkylation sites (tertiary alicyclic amines) is 1. The maximum atomic E-state index is 13.2. The molecule has 1 unspecified atom stereocenters. The number of nitrogens with one attached hydrogen (secondary N) is 4. The Balaban J connectivity index is 0.671. The SMILES string of the molecule is Cc1cccc(C(=O)NC2CC(n3cnc4c(NC5CCN(CCOCCOCCNC(=O)COc6cccc7c6C(=O)N(C6CCC(=O)NC6=O)C7=O)CC5)ncnc43)C2)n1. The highest BCUT2D eigenvalue weighted by Crippen LogP contribution is 2.36. The molecule has 0 radical (unpaired) electrons. The molecule has 3 aromatic heterocycles. The van der Waals surface area contributed by atoms with E-state index in [1.807, 2.05) is 25.4 Å². The van der Waals surface area contributed by atoms with Crippen LogP contribution in [-0.4, -0.2) is 147 Å². The Morgan fingerprint density at radius 3 is 2.47 bits per heavy atom. The van der Waals surface area contributed by atoms with E-state index in [1.54, 1.807) is 12.4 Å². The number of nitrogens with zero attached hydrogens (tertiary/aromatic N) is 7. The number of aryl methyl sites for hydroxylation is 1. The second kappa shape index (κ2) is 19.1. The summed E-state index contributed by atoms with van der Waals surface area (Å²) in [5.74, 6) is -2.35. The monoisotopic (exact) mass is 851 g/mol. The number of hydrogen-bond donors (Lipinski definition) is 4. The van der Waals surface area contributed by atoms with Crippen molar-refractivity contribution in [3.05, 3.63) is 71.6 Å². The number of carbonyl (C=O) groups is 6. The average molecular weight is 852 g/mol. The van der Waals surface area contributed by atoms with Gasteiger partial charge in [-0.3, -0.25) is 39.0 Å². The summed E-state index contributed by atoms with van der Waals surface area (Å²) in [5, 5.41) is 11.5. The van der Waals surface area contributed by atoms with Crippen LogP contribution >= 0.6 is 0 Å². The third-order valence-electron chi connectivity index (χ3n) is 11.5. The van der Waals surface area contributed by atoms with E-state index in [4.69, 9.17) is 14.2 Å². The Morgan fingerprint density at radius 1 is 0.887 bits per heavy atom. The van der Waals surface area contributed by atoms with Crippen LogP contribution in [0.5, 0.6) is 5.75 Å². The molecule has 2 saturated heterocycles. The van der Waals surface area contributed by atoms with Gasteiger partial charge >= 0.3 is 0 Å². The summed E-state index contributed by atoms with van der Waals surface area (Å²) in [6.45, 7) is 5.93. The first-order valence-electron chi connectivity index (χ1n) is 20.9. The summed E-state index contributed by atoms with van der Waals surface area (Å²) >= 11 is 0. The minimum atomic E-state index is -1.10. The van der Waals surface area contributed by atoms with E-state index in [0.29, 0.717) is 25.5 Å². The number of benzene rings is 1. The molecule has 20 heteroatoms. The van der Waals surface area contributed by atoms with Crippen LogP contribution in [0.1, 0.15) is 81.5 Å². The van der Waals surface area contributed by atoms with Gasteiger partial charge < -0.3 is 39.6 Å². The Bertz CT molecular complexity index is 2340. The number of imidazole rings is 1. The fraction of sp³-hybridized carbons (Fsp3) is 0.476. The van der Waals surface area contributed by atoms with Crippen molar-refractivity contribution in [2.75, 3.05) is 64.5 Å². The van der Waals surface area contributed by atoms with E-state index in [2.05, 4.69) is 50.7 Å². The molecule has 0 spiro atoms. The van der Waals surface area contributed by atoms with E-state index in [1.165, 1.54) is 18.2 Å². The first-order valence-corrected chi connectivity index (χ1v) is 20.9. The number of imide groups is 2. The number of hydrogen-bond acceptors (Lipinski definition) is 15. The molecule has 0 bridgehead atoms. The number of piperidine rings is 2. The van der Waals surface area contributed by atoms with Gasteiger partial charge in [-0.1, -0.05) is 12.1 Å². The second-order valence-corrected chi connectivity index (χ2v) is 15.8. The summed E-state index contributed by atoms with van der Waals surface area (Å²) in [5.41, 5.74) is 2.80. The normalized spacial score (nSPS) is 20.5. The lowest BCUT2D eigenvalue weighted by Crippen LogP contribution is -2.54. The van der Waals surface area contributed by atoms with Gasteiger partial charge in [0.1, 0.15) is 29.3 Å². The van der Waals surface area contributed by atoms with Crippen LogP contribution in [0.4, 0.5) is 5.82 Å². The molecule has 6 heterocycles. The number of carbonyl (C=O) groups excluding carboxylic acids is 6. The molecular formula is C42H49N11O9. The zero-order chi connectivity index (χ0) is 43.2. The first-order chi connectivity index (χ1) is 30.1. The molecule has 4 N–H and O–H groups in total. The third-order valence-corrected chi connectivity index (χ3v) is 11.5. The van der Waals surface area contributed by atoms with Crippen molar-refractivity contribution in [1.29, 1.82) is 0 Å². The lowest BCUT2D eigenvalue weighted by Gasteiger charge is -2.36. The van der Waals surface area contributed by atoms with E-state index in [-0.39, 0.29) is 66.9 Å². The number of amides is 6. The van der Waals surface area contributed by atoms with Crippen molar-refractivity contribution in [3.63, 3.8) is 0 Å². The Morgan fingerprint density at radius 2 is 1.68 bits per heavy atom. The molecule has 4 aromatic rings. The molecule has 1 aromatic carbocycles. The molecule has 326 valence electrons. The fourth-order valence-corrected chi connectivity index (χ4v) is 8.16. The summed E-state index contributed by atoms with van der Waals surface area (Å²) in [6, 6.07) is 9.30. The molecule has 1 atom stereocenters. The Hall–Kier alpha value is -6.38. The van der Waals surface area contributed by atoms with E-state index >= 15 is 0 Å². The van der Waals surface area contributed by atoms with Crippen molar-refractivity contribution in [1.82, 2.24) is 50.3 Å². The van der Waals surface area contributed by atoms with Gasteiger partial charge in [0.05, 0.1) is 43.9 Å². The van der Waals surface area contributed by atoms with Gasteiger partial charge in [-0.05, 0) is 63.3 Å². The first kappa shape index (κ1) is 42.3. The highest BCUT2D eigenvalue weighted by molar-refractivity contribution is 6.24. The van der Waals surface area contributed by atoms with E-state index in [0.717, 1.165) is 72.9 Å². The molecule has 6 amide bonds. The van der Waals surface area contributed by atoms with Crippen molar-refractivity contribution in [2.45, 2.75) is 69.6 Å². The maximum absolute atomic E-state index is 13.2. The summed E-state index contributed by atoms with van der Waals surface area (Å²) in [6.07, 6.45) is 6.90. The van der Waals surface area contributed by atoms with Crippen molar-refractivity contribution >= 4 is 52.4 Å². The number of fused-ring (bicyclic) bond motifs is 2. The molecule has 62 heavy (non-hydrogen) atoms. The molecule has 4 aliphatic rings. The number of rotatable bonds is 18. The highest BCUT2D eigenvalue weighted by Gasteiger charge is 2.46. The summed E-state index contributed by atoms with van der Waals surface area (Å²) in [4.78, 5) is 96.5. The highest BCUT2D eigenvalue weighted by atomic mass is 16.5. The zero-order valence-electron chi connectivity index (χ0n) is 34.3. The van der Waals surface area contributed by atoms with Gasteiger partial charge in [-0.2, -0.15) is 0 Å². The third kappa shape index (κ3) is 9.56. The van der Waals surface area contributed by atoms with Crippen LogP contribution in [0, 0.1) is 6.92 Å². The van der Waals surface area contributed by atoms with Crippen molar-refractivity contribution < 1.29 is 43.0 Å². The Kier molecular flexibility index (Phi) is 13.1. The Labute approximate surface area is 356 Å². The predicted octanol–water partition coefficient (Wildman–Crippen LogP) is 1.17. The number of ether oxygens (including phenoxy) is 3. The molecule has 20 nitrogen and oxygen atoms in total. The molecule has 8 rings (SSSR count). The quantitative estimate of drug-likeness (QED) is 0.0812. The van der Waals surface area contributed by atoms with Crippen LogP contribution in [0.2, 0.25) is 0 Å². The van der Waals surface area contributed by atoms with Gasteiger partial charge in [0.25, 0.3) is 23.6 Å².